The van der Waals surface area contributed by atoms with E-state index >= 15 is 0 Å². The fraction of sp³-hybridized carbons (Fsp3) is 0. The highest BCUT2D eigenvalue weighted by molar-refractivity contribution is 9.10. The standard InChI is InChI=1S/C14H9BrN2O2S/c15-11-2-1-8(7-10(11)14(18)19)17-13-9-4-6-20-12(9)3-5-16-13/h1-7H,(H,16,17)(H,18,19). The number of aromatic carboxylic acids is 1. The first-order chi connectivity index (χ1) is 9.65. The van der Waals surface area contributed by atoms with E-state index in [1.54, 1.807) is 29.7 Å². The Morgan fingerprint density at radius 1 is 1.30 bits per heavy atom. The average Bonchev–Trinajstić information content (AvgIpc) is 2.90. The SMILES string of the molecule is O=C(O)c1cc(Nc2nccc3sccc23)ccc1Br. The van der Waals surface area contributed by atoms with E-state index in [-0.39, 0.29) is 5.56 Å². The van der Waals surface area contributed by atoms with Crippen LogP contribution in [0.3, 0.4) is 0 Å². The maximum atomic E-state index is 11.1. The van der Waals surface area contributed by atoms with E-state index in [2.05, 4.69) is 26.2 Å². The van der Waals surface area contributed by atoms with Gasteiger partial charge in [0, 0.05) is 26.4 Å². The lowest BCUT2D eigenvalue weighted by atomic mass is 10.2. The molecule has 6 heteroatoms. The Kier molecular flexibility index (Phi) is 3.42. The molecule has 0 aliphatic heterocycles. The molecule has 0 aliphatic rings. The summed E-state index contributed by atoms with van der Waals surface area (Å²) in [7, 11) is 0. The molecule has 0 aliphatic carbocycles. The molecule has 2 N–H and O–H groups in total. The molecule has 100 valence electrons. The summed E-state index contributed by atoms with van der Waals surface area (Å²) in [6.45, 7) is 0. The molecule has 2 heterocycles. The molecule has 0 spiro atoms. The van der Waals surface area contributed by atoms with Crippen molar-refractivity contribution in [2.24, 2.45) is 0 Å². The molecule has 3 rings (SSSR count). The van der Waals surface area contributed by atoms with Crippen molar-refractivity contribution in [1.29, 1.82) is 0 Å². The topological polar surface area (TPSA) is 62.2 Å². The minimum absolute atomic E-state index is 0.215. The minimum atomic E-state index is -0.970. The van der Waals surface area contributed by atoms with Gasteiger partial charge in [0.1, 0.15) is 5.82 Å². The van der Waals surface area contributed by atoms with E-state index < -0.39 is 5.97 Å². The van der Waals surface area contributed by atoms with Crippen LogP contribution < -0.4 is 5.32 Å². The largest absolute Gasteiger partial charge is 0.478 e. The van der Waals surface area contributed by atoms with Gasteiger partial charge in [-0.25, -0.2) is 9.78 Å². The van der Waals surface area contributed by atoms with Gasteiger partial charge >= 0.3 is 5.97 Å². The second kappa shape index (κ2) is 5.22. The minimum Gasteiger partial charge on any atom is -0.478 e. The van der Waals surface area contributed by atoms with Crippen molar-refractivity contribution in [2.45, 2.75) is 0 Å². The molecule has 0 fully saturated rings. The lowest BCUT2D eigenvalue weighted by Gasteiger charge is -2.08. The average molecular weight is 349 g/mol. The predicted molar refractivity (Wildman–Crippen MR) is 84.0 cm³/mol. The fourth-order valence-corrected chi connectivity index (χ4v) is 3.10. The normalized spacial score (nSPS) is 10.7. The number of aromatic nitrogens is 1. The lowest BCUT2D eigenvalue weighted by molar-refractivity contribution is 0.0696. The molecule has 0 saturated carbocycles. The first kappa shape index (κ1) is 13.1. The van der Waals surface area contributed by atoms with Crippen LogP contribution in [0.25, 0.3) is 10.1 Å². The van der Waals surface area contributed by atoms with Gasteiger partial charge in [-0.1, -0.05) is 0 Å². The summed E-state index contributed by atoms with van der Waals surface area (Å²) >= 11 is 4.87. The molecule has 0 bridgehead atoms. The zero-order chi connectivity index (χ0) is 14.1. The van der Waals surface area contributed by atoms with Gasteiger partial charge in [-0.15, -0.1) is 11.3 Å². The number of fused-ring (bicyclic) bond motifs is 1. The molecule has 0 atom stereocenters. The number of carboxylic acids is 1. The number of rotatable bonds is 3. The van der Waals surface area contributed by atoms with Crippen LogP contribution >= 0.6 is 27.3 Å². The smallest absolute Gasteiger partial charge is 0.336 e. The molecule has 4 nitrogen and oxygen atoms in total. The molecule has 1 aromatic carbocycles. The van der Waals surface area contributed by atoms with Gasteiger partial charge in [-0.3, -0.25) is 0 Å². The summed E-state index contributed by atoms with van der Waals surface area (Å²) in [5.41, 5.74) is 0.907. The maximum Gasteiger partial charge on any atom is 0.336 e. The number of nitrogens with one attached hydrogen (secondary N) is 1. The highest BCUT2D eigenvalue weighted by Gasteiger charge is 2.10. The molecule has 2 aromatic heterocycles. The second-order valence-electron chi connectivity index (χ2n) is 4.12. The van der Waals surface area contributed by atoms with Crippen LogP contribution in [0.15, 0.2) is 46.4 Å². The zero-order valence-electron chi connectivity index (χ0n) is 10.1. The summed E-state index contributed by atoms with van der Waals surface area (Å²) in [4.78, 5) is 15.4. The molecule has 0 saturated heterocycles. The van der Waals surface area contributed by atoms with Crippen LogP contribution in [0, 0.1) is 0 Å². The van der Waals surface area contributed by atoms with Crippen LogP contribution in [-0.2, 0) is 0 Å². The summed E-state index contributed by atoms with van der Waals surface area (Å²) in [5.74, 6) is -0.246. The first-order valence-electron chi connectivity index (χ1n) is 5.77. The van der Waals surface area contributed by atoms with Crippen molar-refractivity contribution in [2.75, 3.05) is 5.32 Å². The van der Waals surface area contributed by atoms with Gasteiger partial charge < -0.3 is 10.4 Å². The van der Waals surface area contributed by atoms with Crippen LogP contribution in [0.5, 0.6) is 0 Å². The molecule has 0 radical (unpaired) electrons. The van der Waals surface area contributed by atoms with Gasteiger partial charge in [0.2, 0.25) is 0 Å². The third-order valence-electron chi connectivity index (χ3n) is 2.84. The Hall–Kier alpha value is -1.92. The van der Waals surface area contributed by atoms with Crippen LogP contribution in [0.1, 0.15) is 10.4 Å². The first-order valence-corrected chi connectivity index (χ1v) is 7.44. The number of hydrogen-bond donors (Lipinski definition) is 2. The van der Waals surface area contributed by atoms with Gasteiger partial charge in [0.05, 0.1) is 5.56 Å². The van der Waals surface area contributed by atoms with Gasteiger partial charge in [-0.05, 0) is 51.6 Å². The second-order valence-corrected chi connectivity index (χ2v) is 5.92. The molecular weight excluding hydrogens is 340 g/mol. The number of thiophene rings is 1. The summed E-state index contributed by atoms with van der Waals surface area (Å²) in [6, 6.07) is 9.05. The van der Waals surface area contributed by atoms with E-state index in [1.807, 2.05) is 23.6 Å². The summed E-state index contributed by atoms with van der Waals surface area (Å²) in [6.07, 6.45) is 1.73. The van der Waals surface area contributed by atoms with Gasteiger partial charge in [-0.2, -0.15) is 0 Å². The third kappa shape index (κ3) is 2.39. The molecular formula is C14H9BrN2O2S. The fourth-order valence-electron chi connectivity index (χ4n) is 1.90. The van der Waals surface area contributed by atoms with E-state index in [1.165, 1.54) is 0 Å². The Labute approximate surface area is 127 Å². The molecule has 3 aromatic rings. The van der Waals surface area contributed by atoms with Crippen molar-refractivity contribution < 1.29 is 9.90 Å². The number of anilines is 2. The maximum absolute atomic E-state index is 11.1. The van der Waals surface area contributed by atoms with Crippen LogP contribution in [-0.4, -0.2) is 16.1 Å². The van der Waals surface area contributed by atoms with Gasteiger partial charge in [0.25, 0.3) is 0 Å². The summed E-state index contributed by atoms with van der Waals surface area (Å²) in [5, 5.41) is 15.3. The number of halogens is 1. The molecule has 20 heavy (non-hydrogen) atoms. The van der Waals surface area contributed by atoms with Crippen LogP contribution in [0.2, 0.25) is 0 Å². The van der Waals surface area contributed by atoms with E-state index in [0.29, 0.717) is 10.2 Å². The molecule has 0 amide bonds. The Balaban J connectivity index is 2.01. The quantitative estimate of drug-likeness (QED) is 0.731. The van der Waals surface area contributed by atoms with Crippen molar-refractivity contribution >= 4 is 54.8 Å². The highest BCUT2D eigenvalue weighted by Crippen LogP contribution is 2.29. The Morgan fingerprint density at radius 2 is 2.15 bits per heavy atom. The Bertz CT molecular complexity index is 801. The third-order valence-corrected chi connectivity index (χ3v) is 4.41. The molecule has 0 unspecified atom stereocenters. The van der Waals surface area contributed by atoms with E-state index in [4.69, 9.17) is 5.11 Å². The summed E-state index contributed by atoms with van der Waals surface area (Å²) < 4.78 is 1.69. The Morgan fingerprint density at radius 3 is 2.95 bits per heavy atom. The number of nitrogens with zero attached hydrogens (tertiary/aromatic N) is 1. The van der Waals surface area contributed by atoms with Crippen LogP contribution in [0.4, 0.5) is 11.5 Å². The number of carboxylic acid groups (broad SMARTS) is 1. The highest BCUT2D eigenvalue weighted by atomic mass is 79.9. The number of carbonyl (C=O) groups is 1. The van der Waals surface area contributed by atoms with E-state index in [9.17, 15) is 4.79 Å². The lowest BCUT2D eigenvalue weighted by Crippen LogP contribution is -2.00. The van der Waals surface area contributed by atoms with Crippen molar-refractivity contribution in [3.8, 4) is 0 Å². The number of pyridine rings is 1. The number of benzene rings is 1. The van der Waals surface area contributed by atoms with E-state index in [0.717, 1.165) is 15.9 Å². The zero-order valence-corrected chi connectivity index (χ0v) is 12.5. The van der Waals surface area contributed by atoms with Crippen molar-refractivity contribution in [1.82, 2.24) is 4.98 Å². The predicted octanol–water partition coefficient (Wildman–Crippen LogP) is 4.50. The van der Waals surface area contributed by atoms with Gasteiger partial charge in [0.15, 0.2) is 0 Å². The van der Waals surface area contributed by atoms with Crippen molar-refractivity contribution in [3.63, 3.8) is 0 Å². The van der Waals surface area contributed by atoms with Crippen molar-refractivity contribution in [3.05, 3.63) is 51.9 Å². The monoisotopic (exact) mass is 348 g/mol. The number of hydrogen-bond acceptors (Lipinski definition) is 4.